The molecule has 0 saturated carbocycles. The largest absolute Gasteiger partial charge is 0.507 e. The van der Waals surface area contributed by atoms with E-state index in [1.54, 1.807) is 18.2 Å². The van der Waals surface area contributed by atoms with Gasteiger partial charge in [-0.1, -0.05) is 12.1 Å². The first-order valence-corrected chi connectivity index (χ1v) is 9.33. The molecular weight excluding hydrogens is 314 g/mol. The van der Waals surface area contributed by atoms with E-state index in [1.807, 2.05) is 19.1 Å². The number of hydrogen-bond acceptors (Lipinski definition) is 6. The van der Waals surface area contributed by atoms with Crippen LogP contribution in [-0.2, 0) is 9.84 Å². The van der Waals surface area contributed by atoms with E-state index in [9.17, 15) is 13.5 Å². The van der Waals surface area contributed by atoms with Gasteiger partial charge in [0.1, 0.15) is 11.6 Å². The molecule has 0 unspecified atom stereocenters. The first kappa shape index (κ1) is 15.7. The van der Waals surface area contributed by atoms with Crippen LogP contribution >= 0.6 is 0 Å². The molecule has 122 valence electrons. The molecule has 3 rings (SSSR count). The Hall–Kier alpha value is -2.15. The molecule has 1 fully saturated rings. The lowest BCUT2D eigenvalue weighted by molar-refractivity contribution is 0.477. The monoisotopic (exact) mass is 333 g/mol. The highest BCUT2D eigenvalue weighted by Crippen LogP contribution is 2.27. The van der Waals surface area contributed by atoms with Crippen molar-refractivity contribution in [3.05, 3.63) is 36.0 Å². The third-order valence-electron chi connectivity index (χ3n) is 3.90. The maximum atomic E-state index is 11.5. The van der Waals surface area contributed by atoms with Crippen LogP contribution in [0.5, 0.6) is 5.75 Å². The second kappa shape index (κ2) is 6.16. The van der Waals surface area contributed by atoms with Crippen LogP contribution < -0.4 is 5.32 Å². The fourth-order valence-corrected chi connectivity index (χ4v) is 4.59. The number of aromatic nitrogens is 2. The lowest BCUT2D eigenvalue weighted by Gasteiger charge is -2.12. The average molecular weight is 333 g/mol. The van der Waals surface area contributed by atoms with E-state index < -0.39 is 9.84 Å². The molecule has 1 atom stereocenters. The Morgan fingerprint density at radius 3 is 2.78 bits per heavy atom. The number of para-hydroxylation sites is 1. The fourth-order valence-electron chi connectivity index (χ4n) is 2.72. The van der Waals surface area contributed by atoms with Gasteiger partial charge in [0.25, 0.3) is 0 Å². The Morgan fingerprint density at radius 2 is 2.09 bits per heavy atom. The number of rotatable bonds is 4. The number of benzene rings is 1. The minimum atomic E-state index is -2.87. The number of nitrogens with zero attached hydrogens (tertiary/aromatic N) is 2. The second-order valence-corrected chi connectivity index (χ2v) is 8.11. The number of hydrogen-bond donors (Lipinski definition) is 2. The molecule has 1 saturated heterocycles. The lowest BCUT2D eigenvalue weighted by atomic mass is 10.1. The first-order chi connectivity index (χ1) is 10.9. The Kier molecular flexibility index (Phi) is 4.21. The van der Waals surface area contributed by atoms with Crippen molar-refractivity contribution in [1.82, 2.24) is 9.97 Å². The molecule has 1 aromatic carbocycles. The third kappa shape index (κ3) is 3.79. The highest BCUT2D eigenvalue weighted by atomic mass is 32.2. The summed E-state index contributed by atoms with van der Waals surface area (Å²) in [7, 11) is -2.87. The maximum Gasteiger partial charge on any atom is 0.165 e. The Labute approximate surface area is 135 Å². The summed E-state index contributed by atoms with van der Waals surface area (Å²) in [5.74, 6) is 1.83. The normalized spacial score (nSPS) is 19.6. The van der Waals surface area contributed by atoms with Crippen LogP contribution in [0.1, 0.15) is 12.1 Å². The summed E-state index contributed by atoms with van der Waals surface area (Å²) in [6.45, 7) is 2.42. The van der Waals surface area contributed by atoms with E-state index in [4.69, 9.17) is 0 Å². The maximum absolute atomic E-state index is 11.5. The molecule has 7 heteroatoms. The predicted octanol–water partition coefficient (Wildman–Crippen LogP) is 2.00. The summed E-state index contributed by atoms with van der Waals surface area (Å²) in [4.78, 5) is 8.79. The summed E-state index contributed by atoms with van der Waals surface area (Å²) < 4.78 is 23.0. The second-order valence-electron chi connectivity index (χ2n) is 5.89. The number of aryl methyl sites for hydroxylation is 1. The summed E-state index contributed by atoms with van der Waals surface area (Å²) in [6, 6.07) is 8.73. The van der Waals surface area contributed by atoms with Gasteiger partial charge in [0.05, 0.1) is 17.1 Å². The van der Waals surface area contributed by atoms with Crippen LogP contribution in [-0.4, -0.2) is 41.5 Å². The first-order valence-electron chi connectivity index (χ1n) is 7.51. The van der Waals surface area contributed by atoms with Gasteiger partial charge in [0.15, 0.2) is 15.7 Å². The Morgan fingerprint density at radius 1 is 1.30 bits per heavy atom. The molecule has 23 heavy (non-hydrogen) atoms. The van der Waals surface area contributed by atoms with Crippen molar-refractivity contribution in [2.45, 2.75) is 13.3 Å². The number of phenolic OH excluding ortho intramolecular Hbond substituents is 1. The molecule has 2 N–H and O–H groups in total. The van der Waals surface area contributed by atoms with E-state index in [-0.39, 0.29) is 23.2 Å². The molecule has 1 aliphatic heterocycles. The number of sulfone groups is 1. The van der Waals surface area contributed by atoms with Crippen LogP contribution in [0.15, 0.2) is 30.3 Å². The third-order valence-corrected chi connectivity index (χ3v) is 5.73. The zero-order valence-electron chi connectivity index (χ0n) is 12.9. The quantitative estimate of drug-likeness (QED) is 0.889. The van der Waals surface area contributed by atoms with E-state index in [0.717, 1.165) is 5.69 Å². The zero-order valence-corrected chi connectivity index (χ0v) is 13.7. The number of aromatic hydroxyl groups is 1. The molecule has 0 radical (unpaired) electrons. The summed E-state index contributed by atoms with van der Waals surface area (Å²) in [6.07, 6.45) is 0.686. The Balaban J connectivity index is 1.77. The molecule has 1 aliphatic rings. The van der Waals surface area contributed by atoms with Crippen LogP contribution in [0, 0.1) is 12.8 Å². The van der Waals surface area contributed by atoms with Crippen molar-refractivity contribution in [1.29, 1.82) is 0 Å². The average Bonchev–Trinajstić information content (AvgIpc) is 2.84. The van der Waals surface area contributed by atoms with Crippen LogP contribution in [0.25, 0.3) is 11.4 Å². The van der Waals surface area contributed by atoms with Gasteiger partial charge in [-0.2, -0.15) is 0 Å². The minimum absolute atomic E-state index is 0.115. The molecule has 1 aromatic heterocycles. The van der Waals surface area contributed by atoms with Crippen molar-refractivity contribution >= 4 is 15.7 Å². The van der Waals surface area contributed by atoms with Gasteiger partial charge in [0.2, 0.25) is 0 Å². The van der Waals surface area contributed by atoms with Crippen LogP contribution in [0.3, 0.4) is 0 Å². The summed E-state index contributed by atoms with van der Waals surface area (Å²) in [5.41, 5.74) is 1.35. The van der Waals surface area contributed by atoms with Crippen molar-refractivity contribution in [2.24, 2.45) is 5.92 Å². The zero-order chi connectivity index (χ0) is 16.4. The van der Waals surface area contributed by atoms with Gasteiger partial charge in [-0.05, 0) is 31.4 Å². The van der Waals surface area contributed by atoms with Crippen molar-refractivity contribution < 1.29 is 13.5 Å². The van der Waals surface area contributed by atoms with Crippen LogP contribution in [0.4, 0.5) is 5.82 Å². The molecule has 0 aliphatic carbocycles. The number of nitrogens with one attached hydrogen (secondary N) is 1. The summed E-state index contributed by atoms with van der Waals surface area (Å²) >= 11 is 0. The molecule has 2 heterocycles. The molecule has 0 spiro atoms. The van der Waals surface area contributed by atoms with Gasteiger partial charge < -0.3 is 10.4 Å². The molecular formula is C16H19N3O3S. The minimum Gasteiger partial charge on any atom is -0.507 e. The number of phenols is 1. The topological polar surface area (TPSA) is 92.2 Å². The van der Waals surface area contributed by atoms with Gasteiger partial charge in [-0.3, -0.25) is 0 Å². The molecule has 0 amide bonds. The SMILES string of the molecule is Cc1cc(NC[C@H]2CCS(=O)(=O)C2)nc(-c2ccccc2O)n1. The summed E-state index contributed by atoms with van der Waals surface area (Å²) in [5, 5.41) is 13.1. The van der Waals surface area contributed by atoms with Gasteiger partial charge in [0, 0.05) is 18.3 Å². The Bertz CT molecular complexity index is 821. The van der Waals surface area contributed by atoms with Crippen molar-refractivity contribution in [3.8, 4) is 17.1 Å². The molecule has 0 bridgehead atoms. The van der Waals surface area contributed by atoms with Crippen LogP contribution in [0.2, 0.25) is 0 Å². The predicted molar refractivity (Wildman–Crippen MR) is 89.1 cm³/mol. The van der Waals surface area contributed by atoms with Gasteiger partial charge >= 0.3 is 0 Å². The fraction of sp³-hybridized carbons (Fsp3) is 0.375. The molecule has 2 aromatic rings. The highest BCUT2D eigenvalue weighted by molar-refractivity contribution is 7.91. The van der Waals surface area contributed by atoms with E-state index in [2.05, 4.69) is 15.3 Å². The molecule has 6 nitrogen and oxygen atoms in total. The van der Waals surface area contributed by atoms with Crippen molar-refractivity contribution in [3.63, 3.8) is 0 Å². The van der Waals surface area contributed by atoms with Gasteiger partial charge in [-0.25, -0.2) is 18.4 Å². The van der Waals surface area contributed by atoms with E-state index >= 15 is 0 Å². The van der Waals surface area contributed by atoms with E-state index in [0.29, 0.717) is 30.2 Å². The van der Waals surface area contributed by atoms with Gasteiger partial charge in [-0.15, -0.1) is 0 Å². The smallest absolute Gasteiger partial charge is 0.165 e. The van der Waals surface area contributed by atoms with Crippen molar-refractivity contribution in [2.75, 3.05) is 23.4 Å². The van der Waals surface area contributed by atoms with E-state index in [1.165, 1.54) is 0 Å². The number of anilines is 1. The standard InChI is InChI=1S/C16H19N3O3S/c1-11-8-15(17-9-12-6-7-23(21,22)10-12)19-16(18-11)13-4-2-3-5-14(13)20/h2-5,8,12,20H,6-7,9-10H2,1H3,(H,17,18,19)/t12-/m1/s1. The highest BCUT2D eigenvalue weighted by Gasteiger charge is 2.27. The lowest BCUT2D eigenvalue weighted by Crippen LogP contribution is -2.16.